The molecule has 22 heavy (non-hydrogen) atoms. The molecule has 1 atom stereocenters. The minimum absolute atomic E-state index is 0.421. The highest BCUT2D eigenvalue weighted by molar-refractivity contribution is 6.42. The normalized spacial score (nSPS) is 12.4. The standard InChI is InChI=1S/C18H16Cl2O2/c1-12(22-2)14-5-3-4-13(10-14)6-9-18(21)15-7-8-16(19)17(20)11-15/h3-11,18,21H,1H2,2H3/b9-6+. The summed E-state index contributed by atoms with van der Waals surface area (Å²) in [7, 11) is 1.58. The molecule has 0 saturated heterocycles. The molecule has 1 N–H and O–H groups in total. The number of rotatable bonds is 5. The van der Waals surface area contributed by atoms with Gasteiger partial charge in [-0.15, -0.1) is 0 Å². The van der Waals surface area contributed by atoms with Crippen LogP contribution in [0.15, 0.2) is 55.1 Å². The summed E-state index contributed by atoms with van der Waals surface area (Å²) in [5.74, 6) is 0.597. The van der Waals surface area contributed by atoms with Crippen LogP contribution in [0, 0.1) is 0 Å². The van der Waals surface area contributed by atoms with Gasteiger partial charge < -0.3 is 9.84 Å². The predicted molar refractivity (Wildman–Crippen MR) is 92.9 cm³/mol. The van der Waals surface area contributed by atoms with Gasteiger partial charge in [-0.3, -0.25) is 0 Å². The molecule has 0 radical (unpaired) electrons. The third-order valence-electron chi connectivity index (χ3n) is 3.21. The Balaban J connectivity index is 2.17. The van der Waals surface area contributed by atoms with Gasteiger partial charge in [-0.05, 0) is 29.3 Å². The average molecular weight is 335 g/mol. The lowest BCUT2D eigenvalue weighted by Gasteiger charge is -2.08. The maximum Gasteiger partial charge on any atom is 0.118 e. The molecule has 0 aliphatic rings. The third kappa shape index (κ3) is 4.14. The summed E-state index contributed by atoms with van der Waals surface area (Å²) in [5, 5.41) is 11.1. The second kappa shape index (κ2) is 7.50. The van der Waals surface area contributed by atoms with Gasteiger partial charge in [0.05, 0.1) is 23.3 Å². The van der Waals surface area contributed by atoms with Crippen molar-refractivity contribution >= 4 is 35.0 Å². The van der Waals surface area contributed by atoms with E-state index in [1.165, 1.54) is 0 Å². The summed E-state index contributed by atoms with van der Waals surface area (Å²) in [5.41, 5.74) is 2.52. The molecule has 2 nitrogen and oxygen atoms in total. The summed E-state index contributed by atoms with van der Waals surface area (Å²) in [6.45, 7) is 3.82. The molecule has 0 aliphatic carbocycles. The first kappa shape index (κ1) is 16.6. The fraction of sp³-hybridized carbons (Fsp3) is 0.111. The Labute approximate surface area is 140 Å². The van der Waals surface area contributed by atoms with Crippen molar-refractivity contribution in [3.05, 3.63) is 81.9 Å². The average Bonchev–Trinajstić information content (AvgIpc) is 2.54. The molecule has 2 aromatic rings. The van der Waals surface area contributed by atoms with Gasteiger partial charge in [0.2, 0.25) is 0 Å². The molecular formula is C18H16Cl2O2. The molecule has 0 aliphatic heterocycles. The Bertz CT molecular complexity index is 708. The maximum atomic E-state index is 10.2. The number of aliphatic hydroxyl groups is 1. The van der Waals surface area contributed by atoms with Crippen molar-refractivity contribution in [3.8, 4) is 0 Å². The largest absolute Gasteiger partial charge is 0.497 e. The Kier molecular flexibility index (Phi) is 5.67. The molecule has 0 spiro atoms. The number of methoxy groups -OCH3 is 1. The van der Waals surface area contributed by atoms with Gasteiger partial charge in [0.15, 0.2) is 0 Å². The first-order valence-corrected chi connectivity index (χ1v) is 7.41. The van der Waals surface area contributed by atoms with Gasteiger partial charge in [0.25, 0.3) is 0 Å². The second-order valence-corrected chi connectivity index (χ2v) is 5.54. The summed E-state index contributed by atoms with van der Waals surface area (Å²) < 4.78 is 5.12. The number of ether oxygens (including phenoxy) is 1. The van der Waals surface area contributed by atoms with Crippen molar-refractivity contribution < 1.29 is 9.84 Å². The molecule has 114 valence electrons. The van der Waals surface area contributed by atoms with E-state index in [0.717, 1.165) is 11.1 Å². The van der Waals surface area contributed by atoms with Crippen LogP contribution in [0.5, 0.6) is 0 Å². The van der Waals surface area contributed by atoms with E-state index < -0.39 is 6.10 Å². The van der Waals surface area contributed by atoms with Crippen LogP contribution in [-0.2, 0) is 4.74 Å². The van der Waals surface area contributed by atoms with Crippen molar-refractivity contribution in [1.82, 2.24) is 0 Å². The summed E-state index contributed by atoms with van der Waals surface area (Å²) in [6.07, 6.45) is 2.76. The number of halogens is 2. The Morgan fingerprint density at radius 3 is 2.64 bits per heavy atom. The Hall–Kier alpha value is -1.74. The monoisotopic (exact) mass is 334 g/mol. The lowest BCUT2D eigenvalue weighted by Crippen LogP contribution is -1.93. The van der Waals surface area contributed by atoms with Gasteiger partial charge in [-0.2, -0.15) is 0 Å². The minimum atomic E-state index is -0.760. The van der Waals surface area contributed by atoms with Crippen LogP contribution >= 0.6 is 23.2 Å². The zero-order valence-electron chi connectivity index (χ0n) is 12.1. The highest BCUT2D eigenvalue weighted by Crippen LogP contribution is 2.26. The molecule has 0 aromatic heterocycles. The molecule has 0 heterocycles. The lowest BCUT2D eigenvalue weighted by molar-refractivity contribution is 0.229. The molecule has 0 bridgehead atoms. The van der Waals surface area contributed by atoms with Crippen molar-refractivity contribution in [2.45, 2.75) is 6.10 Å². The van der Waals surface area contributed by atoms with E-state index in [9.17, 15) is 5.11 Å². The van der Waals surface area contributed by atoms with Gasteiger partial charge in [0, 0.05) is 5.56 Å². The number of benzene rings is 2. The minimum Gasteiger partial charge on any atom is -0.497 e. The van der Waals surface area contributed by atoms with E-state index in [1.807, 2.05) is 30.3 Å². The number of hydrogen-bond donors (Lipinski definition) is 1. The third-order valence-corrected chi connectivity index (χ3v) is 3.95. The fourth-order valence-corrected chi connectivity index (χ4v) is 2.25. The molecule has 1 unspecified atom stereocenters. The first-order valence-electron chi connectivity index (χ1n) is 6.66. The van der Waals surface area contributed by atoms with Gasteiger partial charge in [0.1, 0.15) is 5.76 Å². The Morgan fingerprint density at radius 2 is 1.95 bits per heavy atom. The van der Waals surface area contributed by atoms with E-state index in [0.29, 0.717) is 21.4 Å². The van der Waals surface area contributed by atoms with E-state index in [1.54, 1.807) is 31.4 Å². The quantitative estimate of drug-likeness (QED) is 0.746. The van der Waals surface area contributed by atoms with Gasteiger partial charge in [-0.25, -0.2) is 0 Å². The van der Waals surface area contributed by atoms with E-state index in [4.69, 9.17) is 27.9 Å². The molecule has 2 aromatic carbocycles. The summed E-state index contributed by atoms with van der Waals surface area (Å²) in [6, 6.07) is 12.8. The molecule has 0 amide bonds. The zero-order valence-corrected chi connectivity index (χ0v) is 13.6. The van der Waals surface area contributed by atoms with Gasteiger partial charge in [-0.1, -0.05) is 66.2 Å². The maximum absolute atomic E-state index is 10.2. The number of aliphatic hydroxyl groups excluding tert-OH is 1. The van der Waals surface area contributed by atoms with Crippen LogP contribution in [0.25, 0.3) is 11.8 Å². The topological polar surface area (TPSA) is 29.5 Å². The van der Waals surface area contributed by atoms with Crippen molar-refractivity contribution in [2.24, 2.45) is 0 Å². The van der Waals surface area contributed by atoms with Crippen molar-refractivity contribution in [1.29, 1.82) is 0 Å². The van der Waals surface area contributed by atoms with Crippen molar-refractivity contribution in [2.75, 3.05) is 7.11 Å². The smallest absolute Gasteiger partial charge is 0.118 e. The Morgan fingerprint density at radius 1 is 1.18 bits per heavy atom. The SMILES string of the molecule is C=C(OC)c1cccc(/C=C/C(O)c2ccc(Cl)c(Cl)c2)c1. The predicted octanol–water partition coefficient (Wildman–Crippen LogP) is 5.36. The van der Waals surface area contributed by atoms with Crippen LogP contribution in [0.3, 0.4) is 0 Å². The van der Waals surface area contributed by atoms with Crippen LogP contribution in [0.1, 0.15) is 22.8 Å². The van der Waals surface area contributed by atoms with E-state index in [-0.39, 0.29) is 0 Å². The van der Waals surface area contributed by atoms with Crippen LogP contribution in [-0.4, -0.2) is 12.2 Å². The number of hydrogen-bond acceptors (Lipinski definition) is 2. The second-order valence-electron chi connectivity index (χ2n) is 4.73. The summed E-state index contributed by atoms with van der Waals surface area (Å²) in [4.78, 5) is 0. The molecule has 4 heteroatoms. The zero-order chi connectivity index (χ0) is 16.1. The fourth-order valence-electron chi connectivity index (χ4n) is 1.94. The van der Waals surface area contributed by atoms with Crippen LogP contribution in [0.2, 0.25) is 10.0 Å². The summed E-state index contributed by atoms with van der Waals surface area (Å²) >= 11 is 11.8. The van der Waals surface area contributed by atoms with Crippen LogP contribution < -0.4 is 0 Å². The van der Waals surface area contributed by atoms with Crippen molar-refractivity contribution in [3.63, 3.8) is 0 Å². The highest BCUT2D eigenvalue weighted by Gasteiger charge is 2.06. The lowest BCUT2D eigenvalue weighted by atomic mass is 10.1. The van der Waals surface area contributed by atoms with E-state index >= 15 is 0 Å². The molecule has 0 fully saturated rings. The van der Waals surface area contributed by atoms with E-state index in [2.05, 4.69) is 6.58 Å². The first-order chi connectivity index (χ1) is 10.5. The molecular weight excluding hydrogens is 319 g/mol. The highest BCUT2D eigenvalue weighted by atomic mass is 35.5. The molecule has 0 saturated carbocycles. The molecule has 2 rings (SSSR count). The van der Waals surface area contributed by atoms with Gasteiger partial charge >= 0.3 is 0 Å². The van der Waals surface area contributed by atoms with Crippen LogP contribution in [0.4, 0.5) is 0 Å².